The van der Waals surface area contributed by atoms with Gasteiger partial charge in [-0.15, -0.1) is 4.36 Å². The maximum absolute atomic E-state index is 13.0. The van der Waals surface area contributed by atoms with Gasteiger partial charge in [0.05, 0.1) is 25.6 Å². The number of fused-ring (bicyclic) bond motifs is 1. The fourth-order valence-electron chi connectivity index (χ4n) is 3.09. The average Bonchev–Trinajstić information content (AvgIpc) is 3.19. The molecule has 0 unspecified atom stereocenters. The van der Waals surface area contributed by atoms with Crippen molar-refractivity contribution in [1.29, 1.82) is 0 Å². The Morgan fingerprint density at radius 1 is 1.37 bits per heavy atom. The van der Waals surface area contributed by atoms with Crippen molar-refractivity contribution < 1.29 is 18.5 Å². The molecule has 0 spiro atoms. The van der Waals surface area contributed by atoms with E-state index >= 15 is 0 Å². The summed E-state index contributed by atoms with van der Waals surface area (Å²) in [4.78, 5) is 16.7. The topological polar surface area (TPSA) is 134 Å². The number of urea groups is 1. The molecular weight excluding hydrogens is 408 g/mol. The maximum atomic E-state index is 13.0. The first-order valence-corrected chi connectivity index (χ1v) is 10.7. The van der Waals surface area contributed by atoms with Gasteiger partial charge in [0.2, 0.25) is 11.8 Å². The van der Waals surface area contributed by atoms with Gasteiger partial charge in [0.1, 0.15) is 4.90 Å². The van der Waals surface area contributed by atoms with Crippen molar-refractivity contribution in [2.24, 2.45) is 9.50 Å². The molecule has 10 nitrogen and oxygen atoms in total. The number of aromatic nitrogens is 3. The second-order valence-corrected chi connectivity index (χ2v) is 8.22. The van der Waals surface area contributed by atoms with Crippen LogP contribution in [0.5, 0.6) is 11.8 Å². The van der Waals surface area contributed by atoms with Gasteiger partial charge in [0.25, 0.3) is 0 Å². The fourth-order valence-corrected chi connectivity index (χ4v) is 4.09. The van der Waals surface area contributed by atoms with Crippen LogP contribution < -0.4 is 19.9 Å². The molecule has 0 aliphatic carbocycles. The van der Waals surface area contributed by atoms with Crippen LogP contribution in [0, 0.1) is 0 Å². The molecule has 0 radical (unpaired) electrons. The molecule has 1 aliphatic rings. The lowest BCUT2D eigenvalue weighted by atomic mass is 10.1. The number of nitrogens with one attached hydrogen (secondary N) is 1. The summed E-state index contributed by atoms with van der Waals surface area (Å²) in [6.45, 7) is 1.09. The van der Waals surface area contributed by atoms with E-state index in [2.05, 4.69) is 19.8 Å². The van der Waals surface area contributed by atoms with Gasteiger partial charge < -0.3 is 14.8 Å². The normalized spacial score (nSPS) is 14.7. The molecule has 0 fully saturated rings. The maximum Gasteiger partial charge on any atom is 0.354 e. The number of carbonyl (C=O) groups excluding carboxylic acids is 1. The van der Waals surface area contributed by atoms with E-state index in [0.29, 0.717) is 24.7 Å². The summed E-state index contributed by atoms with van der Waals surface area (Å²) in [6, 6.07) is 9.81. The monoisotopic (exact) mass is 428 g/mol. The highest BCUT2D eigenvalue weighted by Gasteiger charge is 2.24. The molecular formula is C19H20N6O4S. The molecule has 3 aromatic rings. The zero-order chi connectivity index (χ0) is 21.1. The number of hydrogen-bond acceptors (Lipinski definition) is 6. The second-order valence-electron chi connectivity index (χ2n) is 6.46. The van der Waals surface area contributed by atoms with Gasteiger partial charge in [-0.3, -0.25) is 0 Å². The first-order chi connectivity index (χ1) is 14.5. The molecule has 4 rings (SSSR count). The Kier molecular flexibility index (Phi) is 5.38. The van der Waals surface area contributed by atoms with E-state index in [-0.39, 0.29) is 10.8 Å². The van der Waals surface area contributed by atoms with Crippen molar-refractivity contribution in [3.63, 3.8) is 0 Å². The van der Waals surface area contributed by atoms with Gasteiger partial charge in [-0.05, 0) is 17.7 Å². The van der Waals surface area contributed by atoms with Gasteiger partial charge in [0.15, 0.2) is 9.92 Å². The van der Waals surface area contributed by atoms with E-state index in [0.717, 1.165) is 17.5 Å². The van der Waals surface area contributed by atoms with Gasteiger partial charge in [-0.2, -0.15) is 5.10 Å². The van der Waals surface area contributed by atoms with E-state index in [9.17, 15) is 9.00 Å². The Labute approximate surface area is 173 Å². The minimum Gasteiger partial charge on any atom is -0.481 e. The molecule has 2 amide bonds. The molecule has 0 bridgehead atoms. The quantitative estimate of drug-likeness (QED) is 0.656. The Balaban J connectivity index is 1.63. The van der Waals surface area contributed by atoms with Crippen LogP contribution in [0.15, 0.2) is 58.1 Å². The van der Waals surface area contributed by atoms with Crippen molar-refractivity contribution in [3.8, 4) is 22.9 Å². The minimum atomic E-state index is -3.54. The Morgan fingerprint density at radius 3 is 3.03 bits per heavy atom. The van der Waals surface area contributed by atoms with Gasteiger partial charge in [-0.1, -0.05) is 18.2 Å². The number of carbonyl (C=O) groups is 1. The lowest BCUT2D eigenvalue weighted by Crippen LogP contribution is -2.20. The Hall–Kier alpha value is -3.44. The fraction of sp³-hybridized carbons (Fsp3) is 0.211. The SMILES string of the molecule is COc1cc(-c2ccccc2NC(=O)N=[S@](N)(=O)c2cnn3c2OCCC3)ccn1. The highest BCUT2D eigenvalue weighted by molar-refractivity contribution is 7.91. The first kappa shape index (κ1) is 19.9. The predicted molar refractivity (Wildman–Crippen MR) is 111 cm³/mol. The number of amides is 2. The largest absolute Gasteiger partial charge is 0.481 e. The summed E-state index contributed by atoms with van der Waals surface area (Å²) in [6.07, 6.45) is 3.72. The third kappa shape index (κ3) is 3.98. The number of anilines is 1. The number of nitrogens with zero attached hydrogens (tertiary/aromatic N) is 4. The summed E-state index contributed by atoms with van der Waals surface area (Å²) in [5.41, 5.74) is 1.98. The van der Waals surface area contributed by atoms with Crippen LogP contribution in [0.25, 0.3) is 11.1 Å². The van der Waals surface area contributed by atoms with Gasteiger partial charge in [0, 0.05) is 30.8 Å². The molecule has 0 saturated carbocycles. The number of para-hydroxylation sites is 1. The summed E-state index contributed by atoms with van der Waals surface area (Å²) < 4.78 is 28.9. The van der Waals surface area contributed by atoms with Crippen molar-refractivity contribution in [2.75, 3.05) is 19.0 Å². The lowest BCUT2D eigenvalue weighted by molar-refractivity contribution is 0.224. The highest BCUT2D eigenvalue weighted by atomic mass is 32.2. The summed E-state index contributed by atoms with van der Waals surface area (Å²) in [5.74, 6) is 0.726. The molecule has 156 valence electrons. The number of nitrogens with two attached hydrogens (primary N) is 1. The number of methoxy groups -OCH3 is 1. The van der Waals surface area contributed by atoms with Crippen LogP contribution in [0.2, 0.25) is 0 Å². The van der Waals surface area contributed by atoms with Crippen molar-refractivity contribution in [1.82, 2.24) is 14.8 Å². The highest BCUT2D eigenvalue weighted by Crippen LogP contribution is 2.30. The Bertz CT molecular complexity index is 1220. The minimum absolute atomic E-state index is 0.101. The standard InChI is InChI=1S/C19H20N6O4S/c1-28-17-11-13(7-8-21-17)14-5-2-3-6-15(14)23-19(26)24-30(20,27)16-12-22-25-9-4-10-29-18(16)25/h2-3,5-8,11-12H,4,9-10H2,1H3,(H3,20,23,24,26,27)/t30-/m0/s1. The summed E-state index contributed by atoms with van der Waals surface area (Å²) in [7, 11) is -2.02. The molecule has 0 saturated heterocycles. The average molecular weight is 428 g/mol. The number of ether oxygens (including phenoxy) is 2. The molecule has 30 heavy (non-hydrogen) atoms. The van der Waals surface area contributed by atoms with Crippen molar-refractivity contribution in [3.05, 3.63) is 48.8 Å². The summed E-state index contributed by atoms with van der Waals surface area (Å²) >= 11 is 0. The van der Waals surface area contributed by atoms with Gasteiger partial charge >= 0.3 is 6.03 Å². The molecule has 1 aliphatic heterocycles. The number of hydrogen-bond donors (Lipinski definition) is 2. The van der Waals surface area contributed by atoms with E-state index in [4.69, 9.17) is 14.6 Å². The van der Waals surface area contributed by atoms with Crippen LogP contribution in [-0.2, 0) is 16.5 Å². The molecule has 2 aromatic heterocycles. The summed E-state index contributed by atoms with van der Waals surface area (Å²) in [5, 5.41) is 12.6. The van der Waals surface area contributed by atoms with Crippen LogP contribution in [0.4, 0.5) is 10.5 Å². The third-order valence-corrected chi connectivity index (χ3v) is 5.82. The number of aryl methyl sites for hydroxylation is 1. The molecule has 3 N–H and O–H groups in total. The Morgan fingerprint density at radius 2 is 2.20 bits per heavy atom. The third-order valence-electron chi connectivity index (χ3n) is 4.47. The number of benzene rings is 1. The molecule has 3 heterocycles. The predicted octanol–water partition coefficient (Wildman–Crippen LogP) is 2.67. The van der Waals surface area contributed by atoms with E-state index < -0.39 is 15.9 Å². The number of rotatable bonds is 4. The van der Waals surface area contributed by atoms with Crippen molar-refractivity contribution in [2.45, 2.75) is 17.9 Å². The smallest absolute Gasteiger partial charge is 0.354 e. The second kappa shape index (κ2) is 8.13. The molecule has 1 atom stereocenters. The van der Waals surface area contributed by atoms with Crippen molar-refractivity contribution >= 4 is 21.6 Å². The first-order valence-electron chi connectivity index (χ1n) is 9.12. The van der Waals surface area contributed by atoms with Crippen LogP contribution in [0.1, 0.15) is 6.42 Å². The van der Waals surface area contributed by atoms with Gasteiger partial charge in [-0.25, -0.2) is 23.8 Å². The van der Waals surface area contributed by atoms with Crippen LogP contribution in [-0.4, -0.2) is 38.7 Å². The van der Waals surface area contributed by atoms with E-state index in [1.165, 1.54) is 13.3 Å². The molecule has 1 aromatic carbocycles. The lowest BCUT2D eigenvalue weighted by Gasteiger charge is -2.16. The zero-order valence-corrected chi connectivity index (χ0v) is 17.0. The number of pyridine rings is 1. The van der Waals surface area contributed by atoms with E-state index in [1.807, 2.05) is 12.1 Å². The van der Waals surface area contributed by atoms with Crippen LogP contribution >= 0.6 is 0 Å². The van der Waals surface area contributed by atoms with E-state index in [1.54, 1.807) is 35.1 Å². The zero-order valence-electron chi connectivity index (χ0n) is 16.1. The van der Waals surface area contributed by atoms with Crippen LogP contribution in [0.3, 0.4) is 0 Å². The molecule has 11 heteroatoms.